The first-order valence-corrected chi connectivity index (χ1v) is 7.97. The van der Waals surface area contributed by atoms with Crippen LogP contribution in [0.25, 0.3) is 0 Å². The lowest BCUT2D eigenvalue weighted by atomic mass is 9.88. The largest absolute Gasteiger partial charge is 0.481 e. The third-order valence-electron chi connectivity index (χ3n) is 3.78. The fourth-order valence-electron chi connectivity index (χ4n) is 2.32. The van der Waals surface area contributed by atoms with Gasteiger partial charge in [0.1, 0.15) is 0 Å². The molecule has 0 aliphatic carbocycles. The van der Waals surface area contributed by atoms with Gasteiger partial charge in [-0.05, 0) is 37.0 Å². The number of carboxylic acids is 1. The van der Waals surface area contributed by atoms with Gasteiger partial charge in [0.25, 0.3) is 0 Å². The van der Waals surface area contributed by atoms with E-state index >= 15 is 0 Å². The minimum absolute atomic E-state index is 0.0391. The Labute approximate surface area is 134 Å². The van der Waals surface area contributed by atoms with E-state index in [0.29, 0.717) is 25.7 Å². The Morgan fingerprint density at radius 1 is 1.29 bits per heavy atom. The van der Waals surface area contributed by atoms with Crippen LogP contribution in [0, 0.1) is 0 Å². The van der Waals surface area contributed by atoms with Crippen molar-refractivity contribution in [2.24, 2.45) is 0 Å². The summed E-state index contributed by atoms with van der Waals surface area (Å²) in [7, 11) is 0. The minimum Gasteiger partial charge on any atom is -0.481 e. The number of aliphatic carboxylic acids is 1. The number of carboxylic acid groups (broad SMARTS) is 1. The van der Waals surface area contributed by atoms with E-state index in [2.05, 4.69) is 21.2 Å². The van der Waals surface area contributed by atoms with Crippen LogP contribution >= 0.6 is 15.9 Å². The summed E-state index contributed by atoms with van der Waals surface area (Å²) in [4.78, 5) is 23.1. The summed E-state index contributed by atoms with van der Waals surface area (Å²) in [5.41, 5.74) is 0.441. The van der Waals surface area contributed by atoms with Gasteiger partial charge in [-0.1, -0.05) is 41.9 Å². The number of nitrogens with one attached hydrogen (secondary N) is 1. The van der Waals surface area contributed by atoms with Crippen LogP contribution in [0.15, 0.2) is 28.7 Å². The number of carbonyl (C=O) groups excluding carboxylic acids is 1. The van der Waals surface area contributed by atoms with Crippen LogP contribution in [-0.4, -0.2) is 22.5 Å². The smallest absolute Gasteiger partial charge is 0.305 e. The van der Waals surface area contributed by atoms with E-state index in [1.807, 2.05) is 38.1 Å². The Bertz CT molecular complexity index is 498. The number of halogens is 1. The Kier molecular flexibility index (Phi) is 6.89. The van der Waals surface area contributed by atoms with Crippen LogP contribution in [0.5, 0.6) is 0 Å². The summed E-state index contributed by atoms with van der Waals surface area (Å²) in [5.74, 6) is -0.981. The van der Waals surface area contributed by atoms with E-state index in [9.17, 15) is 9.59 Å². The third-order valence-corrected chi connectivity index (χ3v) is 4.27. The van der Waals surface area contributed by atoms with E-state index in [1.165, 1.54) is 0 Å². The molecule has 0 aromatic heterocycles. The predicted octanol–water partition coefficient (Wildman–Crippen LogP) is 3.53. The van der Waals surface area contributed by atoms with E-state index in [-0.39, 0.29) is 12.3 Å². The molecule has 1 aromatic rings. The fraction of sp³-hybridized carbons (Fsp3) is 0.500. The van der Waals surface area contributed by atoms with Crippen LogP contribution < -0.4 is 5.32 Å². The molecule has 116 valence electrons. The molecule has 1 rings (SSSR count). The number of hydrogen-bond donors (Lipinski definition) is 2. The highest BCUT2D eigenvalue weighted by Gasteiger charge is 2.30. The van der Waals surface area contributed by atoms with Crippen LogP contribution in [-0.2, 0) is 16.0 Å². The molecule has 0 atom stereocenters. The van der Waals surface area contributed by atoms with Gasteiger partial charge >= 0.3 is 5.97 Å². The third kappa shape index (κ3) is 5.87. The Hall–Kier alpha value is -1.36. The topological polar surface area (TPSA) is 66.4 Å². The molecule has 0 aliphatic rings. The number of aryl methyl sites for hydroxylation is 1. The first kappa shape index (κ1) is 17.7. The highest BCUT2D eigenvalue weighted by atomic mass is 79.9. The highest BCUT2D eigenvalue weighted by molar-refractivity contribution is 9.10. The monoisotopic (exact) mass is 355 g/mol. The maximum atomic E-state index is 12.1. The molecule has 0 heterocycles. The molecule has 0 unspecified atom stereocenters. The number of benzene rings is 1. The lowest BCUT2D eigenvalue weighted by Crippen LogP contribution is -2.49. The van der Waals surface area contributed by atoms with Gasteiger partial charge in [-0.25, -0.2) is 0 Å². The molecule has 1 amide bonds. The Balaban J connectivity index is 2.60. The summed E-state index contributed by atoms with van der Waals surface area (Å²) in [6, 6.07) is 7.83. The molecular formula is C16H22BrNO3. The second kappa shape index (κ2) is 8.17. The summed E-state index contributed by atoms with van der Waals surface area (Å²) in [6.07, 6.45) is 2.18. The van der Waals surface area contributed by atoms with E-state index in [1.54, 1.807) is 0 Å². The SMILES string of the molecule is CCC(CC)(CC(=O)O)NC(=O)CCc1cccc(Br)c1. The van der Waals surface area contributed by atoms with Gasteiger partial charge in [-0.2, -0.15) is 0 Å². The van der Waals surface area contributed by atoms with Gasteiger partial charge in [0.05, 0.1) is 6.42 Å². The molecule has 2 N–H and O–H groups in total. The minimum atomic E-state index is -0.883. The standard InChI is InChI=1S/C16H22BrNO3/c1-3-16(4-2,11-15(20)21)18-14(19)9-8-12-6-5-7-13(17)10-12/h5-7,10H,3-4,8-9,11H2,1-2H3,(H,18,19)(H,20,21). The zero-order valence-corrected chi connectivity index (χ0v) is 14.1. The fourth-order valence-corrected chi connectivity index (χ4v) is 2.77. The molecule has 0 bridgehead atoms. The second-order valence-electron chi connectivity index (χ2n) is 5.24. The number of rotatable bonds is 8. The zero-order valence-electron chi connectivity index (χ0n) is 12.5. The first-order valence-electron chi connectivity index (χ1n) is 7.18. The molecule has 4 nitrogen and oxygen atoms in total. The number of carbonyl (C=O) groups is 2. The van der Waals surface area contributed by atoms with Crippen LogP contribution in [0.1, 0.15) is 45.1 Å². The van der Waals surface area contributed by atoms with Crippen LogP contribution in [0.2, 0.25) is 0 Å². The van der Waals surface area contributed by atoms with Crippen molar-refractivity contribution in [1.29, 1.82) is 0 Å². The van der Waals surface area contributed by atoms with E-state index in [4.69, 9.17) is 5.11 Å². The summed E-state index contributed by atoms with van der Waals surface area (Å²) in [6.45, 7) is 3.81. The quantitative estimate of drug-likeness (QED) is 0.749. The maximum absolute atomic E-state index is 12.1. The Morgan fingerprint density at radius 2 is 1.95 bits per heavy atom. The van der Waals surface area contributed by atoms with Crippen molar-refractivity contribution in [3.8, 4) is 0 Å². The zero-order chi connectivity index (χ0) is 15.9. The predicted molar refractivity (Wildman–Crippen MR) is 86.2 cm³/mol. The molecule has 5 heteroatoms. The number of hydrogen-bond acceptors (Lipinski definition) is 2. The normalized spacial score (nSPS) is 11.2. The summed E-state index contributed by atoms with van der Waals surface area (Å²) in [5, 5.41) is 11.9. The number of amides is 1. The van der Waals surface area contributed by atoms with Crippen molar-refractivity contribution in [3.63, 3.8) is 0 Å². The van der Waals surface area contributed by atoms with E-state index in [0.717, 1.165) is 10.0 Å². The van der Waals surface area contributed by atoms with Gasteiger partial charge in [0.2, 0.25) is 5.91 Å². The van der Waals surface area contributed by atoms with Crippen molar-refractivity contribution < 1.29 is 14.7 Å². The molecular weight excluding hydrogens is 334 g/mol. The molecule has 1 aromatic carbocycles. The molecule has 0 fully saturated rings. The van der Waals surface area contributed by atoms with Gasteiger partial charge in [0, 0.05) is 16.4 Å². The summed E-state index contributed by atoms with van der Waals surface area (Å²) < 4.78 is 0.989. The van der Waals surface area contributed by atoms with Crippen LogP contribution in [0.3, 0.4) is 0 Å². The van der Waals surface area contributed by atoms with Crippen molar-refractivity contribution in [2.75, 3.05) is 0 Å². The van der Waals surface area contributed by atoms with Gasteiger partial charge in [-0.3, -0.25) is 9.59 Å². The lowest BCUT2D eigenvalue weighted by Gasteiger charge is -2.31. The van der Waals surface area contributed by atoms with Gasteiger partial charge in [-0.15, -0.1) is 0 Å². The van der Waals surface area contributed by atoms with Crippen molar-refractivity contribution in [1.82, 2.24) is 5.32 Å². The second-order valence-corrected chi connectivity index (χ2v) is 6.15. The maximum Gasteiger partial charge on any atom is 0.305 e. The first-order chi connectivity index (χ1) is 9.90. The van der Waals surface area contributed by atoms with Crippen LogP contribution in [0.4, 0.5) is 0 Å². The van der Waals surface area contributed by atoms with Crippen molar-refractivity contribution in [2.45, 2.75) is 51.5 Å². The molecule has 21 heavy (non-hydrogen) atoms. The lowest BCUT2D eigenvalue weighted by molar-refractivity contribution is -0.139. The molecule has 0 spiro atoms. The highest BCUT2D eigenvalue weighted by Crippen LogP contribution is 2.20. The van der Waals surface area contributed by atoms with Crippen molar-refractivity contribution >= 4 is 27.8 Å². The molecule has 0 saturated heterocycles. The Morgan fingerprint density at radius 3 is 2.48 bits per heavy atom. The van der Waals surface area contributed by atoms with Crippen molar-refractivity contribution in [3.05, 3.63) is 34.3 Å². The van der Waals surface area contributed by atoms with E-state index < -0.39 is 11.5 Å². The van der Waals surface area contributed by atoms with Gasteiger partial charge in [0.15, 0.2) is 0 Å². The average molecular weight is 356 g/mol. The molecule has 0 aliphatic heterocycles. The molecule has 0 saturated carbocycles. The summed E-state index contributed by atoms with van der Waals surface area (Å²) >= 11 is 3.40. The average Bonchev–Trinajstić information content (AvgIpc) is 2.44. The van der Waals surface area contributed by atoms with Gasteiger partial charge < -0.3 is 10.4 Å². The molecule has 0 radical (unpaired) electrons.